The molecule has 112 valence electrons. The molecule has 1 fully saturated rings. The molecule has 1 aromatic rings. The van der Waals surface area contributed by atoms with Crippen molar-refractivity contribution < 1.29 is 21.6 Å². The highest BCUT2D eigenvalue weighted by Gasteiger charge is 2.33. The minimum atomic E-state index is -4.43. The Kier molecular flexibility index (Phi) is 3.97. The lowest BCUT2D eigenvalue weighted by atomic mass is 10.1. The van der Waals surface area contributed by atoms with Crippen LogP contribution in [0.4, 0.5) is 18.9 Å². The van der Waals surface area contributed by atoms with Crippen molar-refractivity contribution in [2.75, 3.05) is 29.5 Å². The predicted octanol–water partition coefficient (Wildman–Crippen LogP) is 1.40. The van der Waals surface area contributed by atoms with E-state index >= 15 is 0 Å². The maximum atomic E-state index is 12.8. The summed E-state index contributed by atoms with van der Waals surface area (Å²) in [5.41, 5.74) is 5.23. The van der Waals surface area contributed by atoms with Gasteiger partial charge in [0, 0.05) is 25.3 Å². The standard InChI is InChI=1S/C12H15F3N2O2S/c13-12(14,15)11-2-1-10(7-9(11)8-16)17-3-5-20(18,19)6-4-17/h1-2,7H,3-6,8,16H2. The Balaban J connectivity index is 2.27. The highest BCUT2D eigenvalue weighted by molar-refractivity contribution is 7.91. The summed E-state index contributed by atoms with van der Waals surface area (Å²) < 4.78 is 61.0. The van der Waals surface area contributed by atoms with Crippen LogP contribution in [0.15, 0.2) is 18.2 Å². The quantitative estimate of drug-likeness (QED) is 0.897. The van der Waals surface area contributed by atoms with E-state index in [1.807, 2.05) is 0 Å². The monoisotopic (exact) mass is 308 g/mol. The molecule has 4 nitrogen and oxygen atoms in total. The maximum absolute atomic E-state index is 12.8. The van der Waals surface area contributed by atoms with Crippen LogP contribution in [0.3, 0.4) is 0 Å². The summed E-state index contributed by atoms with van der Waals surface area (Å²) in [6.07, 6.45) is -4.43. The molecule has 1 heterocycles. The molecule has 2 rings (SSSR count). The van der Waals surface area contributed by atoms with Crippen LogP contribution in [0.5, 0.6) is 0 Å². The molecule has 0 amide bonds. The fourth-order valence-electron chi connectivity index (χ4n) is 2.19. The van der Waals surface area contributed by atoms with E-state index < -0.39 is 21.6 Å². The van der Waals surface area contributed by atoms with E-state index in [4.69, 9.17) is 5.73 Å². The molecule has 0 spiro atoms. The lowest BCUT2D eigenvalue weighted by Gasteiger charge is -2.29. The maximum Gasteiger partial charge on any atom is 0.416 e. The number of nitrogens with zero attached hydrogens (tertiary/aromatic N) is 1. The molecule has 0 saturated carbocycles. The van der Waals surface area contributed by atoms with E-state index in [0.717, 1.165) is 6.07 Å². The smallest absolute Gasteiger partial charge is 0.369 e. The summed E-state index contributed by atoms with van der Waals surface area (Å²) in [5.74, 6) is 0.0396. The Morgan fingerprint density at radius 3 is 2.30 bits per heavy atom. The molecule has 0 aromatic heterocycles. The first kappa shape index (κ1) is 15.1. The molecule has 0 aliphatic carbocycles. The first-order valence-corrected chi connectivity index (χ1v) is 7.90. The number of rotatable bonds is 2. The van der Waals surface area contributed by atoms with E-state index in [9.17, 15) is 21.6 Å². The van der Waals surface area contributed by atoms with Crippen molar-refractivity contribution in [1.29, 1.82) is 0 Å². The van der Waals surface area contributed by atoms with Crippen molar-refractivity contribution in [2.45, 2.75) is 12.7 Å². The molecular formula is C12H15F3N2O2S. The van der Waals surface area contributed by atoms with Gasteiger partial charge >= 0.3 is 6.18 Å². The molecule has 0 unspecified atom stereocenters. The van der Waals surface area contributed by atoms with Crippen molar-refractivity contribution in [2.24, 2.45) is 5.73 Å². The highest BCUT2D eigenvalue weighted by atomic mass is 32.2. The van der Waals surface area contributed by atoms with Crippen LogP contribution in [0.2, 0.25) is 0 Å². The van der Waals surface area contributed by atoms with Crippen LogP contribution in [0.25, 0.3) is 0 Å². The Morgan fingerprint density at radius 2 is 1.80 bits per heavy atom. The van der Waals surface area contributed by atoms with Gasteiger partial charge in [-0.1, -0.05) is 0 Å². The molecule has 20 heavy (non-hydrogen) atoms. The third-order valence-electron chi connectivity index (χ3n) is 3.32. The average molecular weight is 308 g/mol. The van der Waals surface area contributed by atoms with Crippen molar-refractivity contribution in [3.05, 3.63) is 29.3 Å². The Bertz CT molecular complexity index is 585. The van der Waals surface area contributed by atoms with Gasteiger partial charge in [-0.15, -0.1) is 0 Å². The minimum Gasteiger partial charge on any atom is -0.369 e. The molecule has 8 heteroatoms. The van der Waals surface area contributed by atoms with E-state index in [1.54, 1.807) is 4.90 Å². The fraction of sp³-hybridized carbons (Fsp3) is 0.500. The van der Waals surface area contributed by atoms with Gasteiger partial charge in [-0.2, -0.15) is 13.2 Å². The number of hydrogen-bond donors (Lipinski definition) is 1. The van der Waals surface area contributed by atoms with Gasteiger partial charge in [-0.25, -0.2) is 8.42 Å². The molecule has 1 aromatic carbocycles. The summed E-state index contributed by atoms with van der Waals surface area (Å²) in [7, 11) is -3.02. The molecule has 1 aliphatic heterocycles. The van der Waals surface area contributed by atoms with Crippen molar-refractivity contribution in [3.8, 4) is 0 Å². The summed E-state index contributed by atoms with van der Waals surface area (Å²) in [6, 6.07) is 3.75. The largest absolute Gasteiger partial charge is 0.416 e. The van der Waals surface area contributed by atoms with Gasteiger partial charge in [-0.3, -0.25) is 0 Å². The Hall–Kier alpha value is -1.28. The van der Waals surface area contributed by atoms with Crippen LogP contribution in [-0.2, 0) is 22.6 Å². The zero-order chi connectivity index (χ0) is 15.0. The van der Waals surface area contributed by atoms with E-state index in [0.29, 0.717) is 5.69 Å². The number of sulfone groups is 1. The summed E-state index contributed by atoms with van der Waals surface area (Å²) in [5, 5.41) is 0. The van der Waals surface area contributed by atoms with Crippen molar-refractivity contribution in [3.63, 3.8) is 0 Å². The van der Waals surface area contributed by atoms with Gasteiger partial charge in [0.2, 0.25) is 0 Å². The zero-order valence-electron chi connectivity index (χ0n) is 10.7. The normalized spacial score (nSPS) is 19.1. The minimum absolute atomic E-state index is 0.0171. The topological polar surface area (TPSA) is 63.4 Å². The second kappa shape index (κ2) is 5.25. The average Bonchev–Trinajstić information content (AvgIpc) is 2.37. The lowest BCUT2D eigenvalue weighted by Crippen LogP contribution is -2.40. The van der Waals surface area contributed by atoms with Gasteiger partial charge < -0.3 is 10.6 Å². The van der Waals surface area contributed by atoms with Crippen LogP contribution in [0.1, 0.15) is 11.1 Å². The van der Waals surface area contributed by atoms with Crippen molar-refractivity contribution >= 4 is 15.5 Å². The zero-order valence-corrected chi connectivity index (χ0v) is 11.5. The lowest BCUT2D eigenvalue weighted by molar-refractivity contribution is -0.138. The molecular weight excluding hydrogens is 293 g/mol. The number of alkyl halides is 3. The Morgan fingerprint density at radius 1 is 1.20 bits per heavy atom. The van der Waals surface area contributed by atoms with Crippen LogP contribution in [-0.4, -0.2) is 33.0 Å². The number of anilines is 1. The first-order chi connectivity index (χ1) is 9.23. The van der Waals surface area contributed by atoms with Crippen LogP contribution in [0, 0.1) is 0 Å². The predicted molar refractivity (Wildman–Crippen MR) is 70.2 cm³/mol. The SMILES string of the molecule is NCc1cc(N2CCS(=O)(=O)CC2)ccc1C(F)(F)F. The second-order valence-electron chi connectivity index (χ2n) is 4.68. The van der Waals surface area contributed by atoms with Gasteiger partial charge in [0.15, 0.2) is 9.84 Å². The fourth-order valence-corrected chi connectivity index (χ4v) is 3.39. The van der Waals surface area contributed by atoms with Crippen molar-refractivity contribution in [1.82, 2.24) is 0 Å². The van der Waals surface area contributed by atoms with Gasteiger partial charge in [0.1, 0.15) is 0 Å². The molecule has 1 aliphatic rings. The summed E-state index contributed by atoms with van der Waals surface area (Å²) in [4.78, 5) is 1.76. The molecule has 1 saturated heterocycles. The van der Waals surface area contributed by atoms with Gasteiger partial charge in [0.05, 0.1) is 17.1 Å². The summed E-state index contributed by atoms with van der Waals surface area (Å²) in [6.45, 7) is 0.365. The molecule has 0 atom stereocenters. The van der Waals surface area contributed by atoms with E-state index in [1.165, 1.54) is 12.1 Å². The third-order valence-corrected chi connectivity index (χ3v) is 4.93. The second-order valence-corrected chi connectivity index (χ2v) is 6.99. The van der Waals surface area contributed by atoms with E-state index in [2.05, 4.69) is 0 Å². The van der Waals surface area contributed by atoms with Gasteiger partial charge in [0.25, 0.3) is 0 Å². The molecule has 0 radical (unpaired) electrons. The Labute approximate surface area is 115 Å². The first-order valence-electron chi connectivity index (χ1n) is 6.08. The van der Waals surface area contributed by atoms with E-state index in [-0.39, 0.29) is 36.7 Å². The van der Waals surface area contributed by atoms with Crippen LogP contribution >= 0.6 is 0 Å². The number of benzene rings is 1. The number of hydrogen-bond acceptors (Lipinski definition) is 4. The van der Waals surface area contributed by atoms with Crippen LogP contribution < -0.4 is 10.6 Å². The molecule has 0 bridgehead atoms. The van der Waals surface area contributed by atoms with Gasteiger partial charge in [-0.05, 0) is 23.8 Å². The number of nitrogens with two attached hydrogens (primary N) is 1. The number of halogens is 3. The highest BCUT2D eigenvalue weighted by Crippen LogP contribution is 2.34. The molecule has 2 N–H and O–H groups in total. The summed E-state index contributed by atoms with van der Waals surface area (Å²) >= 11 is 0. The third kappa shape index (κ3) is 3.24.